The van der Waals surface area contributed by atoms with E-state index in [9.17, 15) is 0 Å². The normalized spacial score (nSPS) is 15.3. The van der Waals surface area contributed by atoms with E-state index >= 15 is 0 Å². The third-order valence-corrected chi connectivity index (χ3v) is 18.3. The molecule has 0 amide bonds. The fourth-order valence-electron chi connectivity index (χ4n) is 7.27. The minimum Gasteiger partial charge on any atom is -1.00 e. The molecule has 6 rings (SSSR count). The summed E-state index contributed by atoms with van der Waals surface area (Å²) < 4.78 is 3.80. The van der Waals surface area contributed by atoms with Crippen LogP contribution in [0.25, 0.3) is 11.1 Å². The van der Waals surface area contributed by atoms with Gasteiger partial charge in [0.1, 0.15) is 0 Å². The van der Waals surface area contributed by atoms with E-state index in [4.69, 9.17) is 0 Å². The average Bonchev–Trinajstić information content (AvgIpc) is 3.55. The van der Waals surface area contributed by atoms with Gasteiger partial charge >= 0.3 is 282 Å². The van der Waals surface area contributed by atoms with Crippen LogP contribution < -0.4 is 28.1 Å². The van der Waals surface area contributed by atoms with Gasteiger partial charge in [-0.1, -0.05) is 0 Å². The molecule has 0 bridgehead atoms. The molecule has 4 aromatic rings. The van der Waals surface area contributed by atoms with Crippen LogP contribution in [0, 0.1) is 5.41 Å². The summed E-state index contributed by atoms with van der Waals surface area (Å²) in [4.78, 5) is 0. The molecule has 2 aliphatic rings. The van der Waals surface area contributed by atoms with Gasteiger partial charge in [-0.15, -0.1) is 0 Å². The monoisotopic (exact) mass is 738 g/mol. The van der Waals surface area contributed by atoms with E-state index in [1.807, 2.05) is 0 Å². The van der Waals surface area contributed by atoms with Crippen molar-refractivity contribution in [3.05, 3.63) is 148 Å². The van der Waals surface area contributed by atoms with Gasteiger partial charge in [0.2, 0.25) is 0 Å². The molecular weight excluding hydrogens is 691 g/mol. The number of rotatable bonds is 4. The van der Waals surface area contributed by atoms with Crippen LogP contribution in [0.4, 0.5) is 0 Å². The van der Waals surface area contributed by atoms with E-state index in [1.54, 1.807) is 23.2 Å². The van der Waals surface area contributed by atoms with Crippen LogP contribution in [0.2, 0.25) is 3.63 Å². The molecule has 4 aromatic carbocycles. The van der Waals surface area contributed by atoms with Crippen molar-refractivity contribution in [2.45, 2.75) is 90.1 Å². The summed E-state index contributed by atoms with van der Waals surface area (Å²) in [7, 11) is 0. The van der Waals surface area contributed by atoms with E-state index in [1.165, 1.54) is 39.0 Å². The van der Waals surface area contributed by atoms with Gasteiger partial charge in [0, 0.05) is 0 Å². The number of allylic oxidation sites excluding steroid dienone is 4. The zero-order valence-electron chi connectivity index (χ0n) is 29.9. The van der Waals surface area contributed by atoms with E-state index in [2.05, 4.69) is 172 Å². The van der Waals surface area contributed by atoms with Crippen molar-refractivity contribution in [3.63, 3.8) is 0 Å². The first-order valence-electron chi connectivity index (χ1n) is 16.7. The van der Waals surface area contributed by atoms with Crippen LogP contribution >= 0.6 is 0 Å². The zero-order valence-corrected chi connectivity index (χ0v) is 33.8. The molecular formula is C44H50Cl2Zr. The second-order valence-corrected chi connectivity index (χ2v) is 22.3. The van der Waals surface area contributed by atoms with Crippen molar-refractivity contribution >= 4 is 6.48 Å². The summed E-state index contributed by atoms with van der Waals surface area (Å²) in [6.07, 6.45) is 6.25. The zero-order chi connectivity index (χ0) is 32.3. The van der Waals surface area contributed by atoms with Gasteiger partial charge in [0.15, 0.2) is 0 Å². The Kier molecular flexibility index (Phi) is 11.1. The van der Waals surface area contributed by atoms with E-state index < -0.39 is 21.3 Å². The first-order valence-corrected chi connectivity index (χ1v) is 20.6. The van der Waals surface area contributed by atoms with Crippen molar-refractivity contribution in [1.82, 2.24) is 0 Å². The SMILES string of the molecule is CC1=CC(C(C)(C)C)=C[CH]1[Zr+2](=[C](c1ccccc1)c1ccccc1)[c]1c(C(C)(C)C)ccc2c1Cc1cc(C(C)(C)C)ccc1-2.[Cl-].[Cl-]. The van der Waals surface area contributed by atoms with Crippen LogP contribution in [0.3, 0.4) is 0 Å². The van der Waals surface area contributed by atoms with Crippen LogP contribution in [0.1, 0.15) is 103 Å². The van der Waals surface area contributed by atoms with Crippen LogP contribution in [-0.2, 0) is 38.5 Å². The molecule has 0 aromatic heterocycles. The maximum atomic E-state index is 2.70. The number of hydrogen-bond donors (Lipinski definition) is 0. The largest absolute Gasteiger partial charge is 1.00 e. The van der Waals surface area contributed by atoms with Crippen LogP contribution in [0.15, 0.2) is 114 Å². The first-order chi connectivity index (χ1) is 21.1. The van der Waals surface area contributed by atoms with E-state index in [0.717, 1.165) is 6.42 Å². The summed E-state index contributed by atoms with van der Waals surface area (Å²) >= 11 is -2.86. The second-order valence-electron chi connectivity index (χ2n) is 16.3. The summed E-state index contributed by atoms with van der Waals surface area (Å²) in [5.41, 5.74) is 15.1. The summed E-state index contributed by atoms with van der Waals surface area (Å²) in [5, 5.41) is 0. The van der Waals surface area contributed by atoms with Gasteiger partial charge in [-0.3, -0.25) is 0 Å². The predicted molar refractivity (Wildman–Crippen MR) is 193 cm³/mol. The Bertz CT molecular complexity index is 1810. The van der Waals surface area contributed by atoms with Gasteiger partial charge in [0.25, 0.3) is 0 Å². The van der Waals surface area contributed by atoms with Gasteiger partial charge in [-0.2, -0.15) is 0 Å². The summed E-state index contributed by atoms with van der Waals surface area (Å²) in [6, 6.07) is 35.0. The molecule has 0 spiro atoms. The third-order valence-electron chi connectivity index (χ3n) is 9.81. The number of hydrogen-bond acceptors (Lipinski definition) is 0. The maximum Gasteiger partial charge on any atom is -1.00 e. The van der Waals surface area contributed by atoms with Gasteiger partial charge in [-0.05, 0) is 0 Å². The summed E-state index contributed by atoms with van der Waals surface area (Å²) in [6.45, 7) is 23.8. The smallest absolute Gasteiger partial charge is 1.00 e. The van der Waals surface area contributed by atoms with Crippen molar-refractivity contribution in [3.8, 4) is 11.1 Å². The molecule has 3 heteroatoms. The van der Waals surface area contributed by atoms with Gasteiger partial charge < -0.3 is 24.8 Å². The standard InChI is InChI=1S/C21H25.C13H10.C10H15.2ClH.Zr/c1-20(2,3)16-7-9-18-14(12-16)11-15-13-17(21(4,5)6)8-10-19(15)18;1-3-7-12(8-4-1)11-13-9-5-2-6-10-13;1-8-5-6-9(7-8)10(2,3)4;;;/h7-10,12H,11H2,1-6H3;1-10H;5-7H,1-4H3;2*1H;/q;;;;;+2/p-2. The molecule has 1 atom stereocenters. The molecule has 47 heavy (non-hydrogen) atoms. The fourth-order valence-corrected chi connectivity index (χ4v) is 17.1. The molecule has 0 radical (unpaired) electrons. The molecule has 0 saturated carbocycles. The molecule has 0 heterocycles. The molecule has 0 nitrogen and oxygen atoms in total. The average molecular weight is 741 g/mol. The van der Waals surface area contributed by atoms with Gasteiger partial charge in [-0.25, -0.2) is 0 Å². The second kappa shape index (κ2) is 13.9. The molecule has 0 saturated heterocycles. The Labute approximate surface area is 304 Å². The molecule has 0 fully saturated rings. The topological polar surface area (TPSA) is 0 Å². The minimum absolute atomic E-state index is 0. The van der Waals surface area contributed by atoms with E-state index in [-0.39, 0.29) is 41.1 Å². The van der Waals surface area contributed by atoms with Crippen LogP contribution in [0.5, 0.6) is 0 Å². The molecule has 2 aliphatic carbocycles. The van der Waals surface area contributed by atoms with Crippen molar-refractivity contribution in [1.29, 1.82) is 0 Å². The quantitative estimate of drug-likeness (QED) is 0.241. The van der Waals surface area contributed by atoms with Crippen molar-refractivity contribution < 1.29 is 46.1 Å². The fraction of sp³-hybridized carbons (Fsp3) is 0.341. The van der Waals surface area contributed by atoms with Crippen molar-refractivity contribution in [2.24, 2.45) is 5.41 Å². The Morgan fingerprint density at radius 2 is 1.19 bits per heavy atom. The predicted octanol–water partition coefficient (Wildman–Crippen LogP) is 5.09. The molecule has 0 N–H and O–H groups in total. The van der Waals surface area contributed by atoms with E-state index in [0.29, 0.717) is 3.63 Å². The summed E-state index contributed by atoms with van der Waals surface area (Å²) in [5.74, 6) is 0. The Hall–Kier alpha value is -2.31. The molecule has 244 valence electrons. The van der Waals surface area contributed by atoms with Gasteiger partial charge in [0.05, 0.1) is 0 Å². The Morgan fingerprint density at radius 1 is 0.638 bits per heavy atom. The van der Waals surface area contributed by atoms with Crippen LogP contribution in [-0.4, -0.2) is 3.21 Å². The number of benzene rings is 4. The maximum absolute atomic E-state index is 2.86. The third kappa shape index (κ3) is 7.34. The number of halogens is 2. The number of fused-ring (bicyclic) bond motifs is 3. The Balaban J connectivity index is 0.00000250. The first kappa shape index (κ1) is 37.5. The minimum atomic E-state index is -2.86. The molecule has 0 aliphatic heterocycles. The Morgan fingerprint density at radius 3 is 1.68 bits per heavy atom. The molecule has 1 unspecified atom stereocenters. The van der Waals surface area contributed by atoms with Crippen molar-refractivity contribution in [2.75, 3.05) is 0 Å².